The fraction of sp³-hybridized carbons (Fsp3) is 0.818. The molecule has 0 radical (unpaired) electrons. The van der Waals surface area contributed by atoms with Crippen LogP contribution in [0.1, 0.15) is 26.7 Å². The molecule has 1 atom stereocenters. The molecule has 2 aliphatic carbocycles. The normalized spacial score (nSPS) is 26.0. The van der Waals surface area contributed by atoms with Crippen LogP contribution in [0.2, 0.25) is 0 Å². The Morgan fingerprint density at radius 2 is 2.08 bits per heavy atom. The van der Waals surface area contributed by atoms with Crippen molar-refractivity contribution in [1.29, 1.82) is 0 Å². The number of rotatable bonds is 5. The van der Waals surface area contributed by atoms with E-state index in [1.165, 1.54) is 12.8 Å². The van der Waals surface area contributed by atoms with Crippen molar-refractivity contribution >= 4 is 0 Å². The first kappa shape index (κ1) is 9.22. The monoisotopic (exact) mass is 182 g/mol. The lowest BCUT2D eigenvalue weighted by Gasteiger charge is -2.36. The first-order valence-corrected chi connectivity index (χ1v) is 5.18. The minimum absolute atomic E-state index is 0.0336. The Morgan fingerprint density at radius 1 is 1.38 bits per heavy atom. The minimum Gasteiger partial charge on any atom is -0.353 e. The molecule has 0 aliphatic heterocycles. The van der Waals surface area contributed by atoms with Gasteiger partial charge in [-0.25, -0.2) is 0 Å². The molecule has 0 aromatic carbocycles. The van der Waals surface area contributed by atoms with Gasteiger partial charge in [-0.15, -0.1) is 0 Å². The topological polar surface area (TPSA) is 18.5 Å². The van der Waals surface area contributed by atoms with Gasteiger partial charge in [0, 0.05) is 12.0 Å². The maximum absolute atomic E-state index is 5.56. The molecule has 13 heavy (non-hydrogen) atoms. The summed E-state index contributed by atoms with van der Waals surface area (Å²) in [6.07, 6.45) is 7.19. The van der Waals surface area contributed by atoms with E-state index in [1.807, 2.05) is 13.8 Å². The standard InChI is InChI=1S/C11H18O2/c1-3-12-9(2)13-8-10-6-11(7-10)4-5-11/h4-5,9-10H,3,6-8H2,1-2H3/t9-/m0/s1. The summed E-state index contributed by atoms with van der Waals surface area (Å²) >= 11 is 0. The van der Waals surface area contributed by atoms with Crippen molar-refractivity contribution in [3.63, 3.8) is 0 Å². The van der Waals surface area contributed by atoms with E-state index in [0.29, 0.717) is 5.41 Å². The fourth-order valence-corrected chi connectivity index (χ4v) is 2.08. The third-order valence-corrected chi connectivity index (χ3v) is 2.94. The van der Waals surface area contributed by atoms with E-state index < -0.39 is 0 Å². The smallest absolute Gasteiger partial charge is 0.154 e. The van der Waals surface area contributed by atoms with Crippen molar-refractivity contribution < 1.29 is 9.47 Å². The summed E-state index contributed by atoms with van der Waals surface area (Å²) in [6.45, 7) is 5.56. The van der Waals surface area contributed by atoms with E-state index in [9.17, 15) is 0 Å². The quantitative estimate of drug-likeness (QED) is 0.480. The average molecular weight is 182 g/mol. The van der Waals surface area contributed by atoms with E-state index in [-0.39, 0.29) is 6.29 Å². The molecule has 0 saturated heterocycles. The SMILES string of the molecule is CCO[C@H](C)OCC1CC2(C=C2)C1. The van der Waals surface area contributed by atoms with Crippen molar-refractivity contribution in [1.82, 2.24) is 0 Å². The molecule has 74 valence electrons. The second kappa shape index (κ2) is 3.43. The van der Waals surface area contributed by atoms with E-state index in [2.05, 4.69) is 12.2 Å². The maximum Gasteiger partial charge on any atom is 0.154 e. The molecule has 0 bridgehead atoms. The molecule has 2 nitrogen and oxygen atoms in total. The van der Waals surface area contributed by atoms with Crippen LogP contribution in [-0.2, 0) is 9.47 Å². The molecule has 2 rings (SSSR count). The lowest BCUT2D eigenvalue weighted by Crippen LogP contribution is -2.31. The third kappa shape index (κ3) is 2.12. The summed E-state index contributed by atoms with van der Waals surface area (Å²) < 4.78 is 10.8. The van der Waals surface area contributed by atoms with Crippen LogP contribution >= 0.6 is 0 Å². The van der Waals surface area contributed by atoms with Gasteiger partial charge < -0.3 is 9.47 Å². The van der Waals surface area contributed by atoms with E-state index in [4.69, 9.17) is 9.47 Å². The van der Waals surface area contributed by atoms with Crippen molar-refractivity contribution in [3.8, 4) is 0 Å². The predicted octanol–water partition coefficient (Wildman–Crippen LogP) is 2.35. The summed E-state index contributed by atoms with van der Waals surface area (Å²) in [5, 5.41) is 0. The van der Waals surface area contributed by atoms with Crippen LogP contribution in [-0.4, -0.2) is 19.5 Å². The van der Waals surface area contributed by atoms with E-state index in [1.54, 1.807) is 0 Å². The van der Waals surface area contributed by atoms with E-state index >= 15 is 0 Å². The molecule has 1 fully saturated rings. The van der Waals surface area contributed by atoms with Gasteiger partial charge in [-0.05, 0) is 32.6 Å². The largest absolute Gasteiger partial charge is 0.353 e. The van der Waals surface area contributed by atoms with Crippen molar-refractivity contribution in [3.05, 3.63) is 12.2 Å². The van der Waals surface area contributed by atoms with E-state index in [0.717, 1.165) is 19.1 Å². The first-order chi connectivity index (χ1) is 6.24. The molecule has 0 heterocycles. The Hall–Kier alpha value is -0.340. The molecule has 0 aromatic heterocycles. The highest BCUT2D eigenvalue weighted by Gasteiger charge is 2.46. The molecular weight excluding hydrogens is 164 g/mol. The Balaban J connectivity index is 1.54. The van der Waals surface area contributed by atoms with Crippen molar-refractivity contribution in [2.75, 3.05) is 13.2 Å². The lowest BCUT2D eigenvalue weighted by atomic mass is 9.71. The molecule has 0 aromatic rings. The minimum atomic E-state index is -0.0336. The van der Waals surface area contributed by atoms with Crippen molar-refractivity contribution in [2.24, 2.45) is 11.3 Å². The first-order valence-electron chi connectivity index (χ1n) is 5.18. The summed E-state index contributed by atoms with van der Waals surface area (Å²) in [5.74, 6) is 0.762. The van der Waals surface area contributed by atoms with Gasteiger partial charge in [-0.2, -0.15) is 0 Å². The highest BCUT2D eigenvalue weighted by molar-refractivity contribution is 5.30. The third-order valence-electron chi connectivity index (χ3n) is 2.94. The number of allylic oxidation sites excluding steroid dienone is 2. The van der Waals surface area contributed by atoms with Gasteiger partial charge in [0.15, 0.2) is 6.29 Å². The number of hydrogen-bond acceptors (Lipinski definition) is 2. The summed E-state index contributed by atoms with van der Waals surface area (Å²) in [6, 6.07) is 0. The zero-order chi connectivity index (χ0) is 9.31. The van der Waals surface area contributed by atoms with Gasteiger partial charge in [-0.1, -0.05) is 12.2 Å². The summed E-state index contributed by atoms with van der Waals surface area (Å²) in [5.41, 5.74) is 0.558. The van der Waals surface area contributed by atoms with Gasteiger partial charge in [0.2, 0.25) is 0 Å². The Bertz CT molecular complexity index is 196. The highest BCUT2D eigenvalue weighted by atomic mass is 16.7. The van der Waals surface area contributed by atoms with Crippen LogP contribution in [0.3, 0.4) is 0 Å². The zero-order valence-corrected chi connectivity index (χ0v) is 8.45. The van der Waals surface area contributed by atoms with Crippen LogP contribution in [0.15, 0.2) is 12.2 Å². The van der Waals surface area contributed by atoms with Crippen LogP contribution < -0.4 is 0 Å². The van der Waals surface area contributed by atoms with Crippen LogP contribution in [0.5, 0.6) is 0 Å². The van der Waals surface area contributed by atoms with Crippen molar-refractivity contribution in [2.45, 2.75) is 33.0 Å². The lowest BCUT2D eigenvalue weighted by molar-refractivity contribution is -0.143. The average Bonchev–Trinajstić information content (AvgIpc) is 2.78. The predicted molar refractivity (Wildman–Crippen MR) is 51.3 cm³/mol. The Morgan fingerprint density at radius 3 is 2.62 bits per heavy atom. The Kier molecular flexibility index (Phi) is 2.43. The Labute approximate surface area is 79.9 Å². The van der Waals surface area contributed by atoms with Crippen LogP contribution in [0.4, 0.5) is 0 Å². The molecule has 2 heteroatoms. The maximum atomic E-state index is 5.56. The highest BCUT2D eigenvalue weighted by Crippen LogP contribution is 2.56. The number of ether oxygens (including phenoxy) is 2. The number of hydrogen-bond donors (Lipinski definition) is 0. The molecule has 0 unspecified atom stereocenters. The fourth-order valence-electron chi connectivity index (χ4n) is 2.08. The van der Waals surface area contributed by atoms with Crippen LogP contribution in [0, 0.1) is 11.3 Å². The van der Waals surface area contributed by atoms with Gasteiger partial charge in [-0.3, -0.25) is 0 Å². The molecule has 1 spiro atoms. The van der Waals surface area contributed by atoms with Gasteiger partial charge in [0.05, 0.1) is 6.61 Å². The molecule has 0 N–H and O–H groups in total. The molecule has 1 saturated carbocycles. The van der Waals surface area contributed by atoms with Gasteiger partial charge >= 0.3 is 0 Å². The second-order valence-corrected chi connectivity index (χ2v) is 4.20. The molecule has 2 aliphatic rings. The molecule has 0 amide bonds. The molecular formula is C11H18O2. The zero-order valence-electron chi connectivity index (χ0n) is 8.45. The summed E-state index contributed by atoms with van der Waals surface area (Å²) in [7, 11) is 0. The van der Waals surface area contributed by atoms with Crippen LogP contribution in [0.25, 0.3) is 0 Å². The van der Waals surface area contributed by atoms with Gasteiger partial charge in [0.25, 0.3) is 0 Å². The summed E-state index contributed by atoms with van der Waals surface area (Å²) in [4.78, 5) is 0. The second-order valence-electron chi connectivity index (χ2n) is 4.20. The van der Waals surface area contributed by atoms with Gasteiger partial charge in [0.1, 0.15) is 0 Å².